The first-order valence-corrected chi connectivity index (χ1v) is 11.1. The molecule has 2 aromatic heterocycles. The van der Waals surface area contributed by atoms with Crippen LogP contribution in [0, 0.1) is 6.92 Å². The predicted octanol–water partition coefficient (Wildman–Crippen LogP) is 5.93. The number of amides is 1. The summed E-state index contributed by atoms with van der Waals surface area (Å²) in [5, 5.41) is 13.3. The van der Waals surface area contributed by atoms with Gasteiger partial charge in [-0.25, -0.2) is 0 Å². The number of benzene rings is 2. The van der Waals surface area contributed by atoms with Crippen LogP contribution in [0.1, 0.15) is 11.3 Å². The van der Waals surface area contributed by atoms with Gasteiger partial charge in [-0.3, -0.25) is 9.36 Å². The standard InChI is InChI=1S/C22H18Cl2N4O2S/c1-14-11-15(23)8-9-19(14)25-20(29)13-31-22-27-26-21(17-6-2-3-7-18(17)24)28(22)12-16-5-4-10-30-16/h2-11H,12-13H2,1H3,(H,25,29). The molecular formula is C22H18Cl2N4O2S. The van der Waals surface area contributed by atoms with E-state index in [0.29, 0.717) is 27.6 Å². The third-order valence-electron chi connectivity index (χ3n) is 4.52. The highest BCUT2D eigenvalue weighted by Gasteiger charge is 2.18. The molecule has 0 aliphatic heterocycles. The summed E-state index contributed by atoms with van der Waals surface area (Å²) in [4.78, 5) is 12.5. The van der Waals surface area contributed by atoms with Gasteiger partial charge >= 0.3 is 0 Å². The van der Waals surface area contributed by atoms with Crippen molar-refractivity contribution in [3.8, 4) is 11.4 Å². The average molecular weight is 473 g/mol. The number of hydrogen-bond donors (Lipinski definition) is 1. The van der Waals surface area contributed by atoms with Crippen LogP contribution < -0.4 is 5.32 Å². The molecule has 0 bridgehead atoms. The van der Waals surface area contributed by atoms with E-state index in [0.717, 1.165) is 22.6 Å². The first-order valence-electron chi connectivity index (χ1n) is 9.40. The fraction of sp³-hybridized carbons (Fsp3) is 0.136. The quantitative estimate of drug-likeness (QED) is 0.337. The molecule has 0 atom stereocenters. The summed E-state index contributed by atoms with van der Waals surface area (Å²) >= 11 is 13.7. The number of anilines is 1. The van der Waals surface area contributed by atoms with E-state index in [4.69, 9.17) is 27.6 Å². The number of halogens is 2. The van der Waals surface area contributed by atoms with Gasteiger partial charge in [0.1, 0.15) is 5.76 Å². The van der Waals surface area contributed by atoms with Gasteiger partial charge in [0.2, 0.25) is 5.91 Å². The summed E-state index contributed by atoms with van der Waals surface area (Å²) in [7, 11) is 0. The molecule has 0 saturated heterocycles. The molecule has 2 heterocycles. The Morgan fingerprint density at radius 1 is 1.13 bits per heavy atom. The first-order chi connectivity index (χ1) is 15.0. The van der Waals surface area contributed by atoms with Gasteiger partial charge in [-0.2, -0.15) is 0 Å². The molecular weight excluding hydrogens is 455 g/mol. The van der Waals surface area contributed by atoms with Crippen molar-refractivity contribution >= 4 is 46.6 Å². The van der Waals surface area contributed by atoms with E-state index >= 15 is 0 Å². The van der Waals surface area contributed by atoms with Gasteiger partial charge in [0.05, 0.1) is 23.6 Å². The van der Waals surface area contributed by atoms with Crippen molar-refractivity contribution < 1.29 is 9.21 Å². The molecule has 31 heavy (non-hydrogen) atoms. The van der Waals surface area contributed by atoms with Crippen molar-refractivity contribution in [3.05, 3.63) is 82.2 Å². The van der Waals surface area contributed by atoms with E-state index in [1.54, 1.807) is 30.5 Å². The van der Waals surface area contributed by atoms with Crippen molar-refractivity contribution in [2.24, 2.45) is 0 Å². The topological polar surface area (TPSA) is 73.0 Å². The molecule has 158 valence electrons. The molecule has 6 nitrogen and oxygen atoms in total. The van der Waals surface area contributed by atoms with Crippen molar-refractivity contribution in [1.82, 2.24) is 14.8 Å². The second-order valence-electron chi connectivity index (χ2n) is 6.75. The summed E-state index contributed by atoms with van der Waals surface area (Å²) in [6.07, 6.45) is 1.61. The highest BCUT2D eigenvalue weighted by molar-refractivity contribution is 7.99. The molecule has 9 heteroatoms. The summed E-state index contributed by atoms with van der Waals surface area (Å²) in [5.41, 5.74) is 2.38. The largest absolute Gasteiger partial charge is 0.467 e. The van der Waals surface area contributed by atoms with Gasteiger partial charge in [-0.05, 0) is 55.0 Å². The second kappa shape index (κ2) is 9.60. The van der Waals surface area contributed by atoms with Crippen molar-refractivity contribution in [2.75, 3.05) is 11.1 Å². The lowest BCUT2D eigenvalue weighted by Crippen LogP contribution is -2.15. The number of aryl methyl sites for hydroxylation is 1. The Morgan fingerprint density at radius 3 is 2.71 bits per heavy atom. The number of nitrogens with zero attached hydrogens (tertiary/aromatic N) is 3. The van der Waals surface area contributed by atoms with E-state index < -0.39 is 0 Å². The van der Waals surface area contributed by atoms with Gasteiger partial charge in [0.15, 0.2) is 11.0 Å². The predicted molar refractivity (Wildman–Crippen MR) is 124 cm³/mol. The van der Waals surface area contributed by atoms with Gasteiger partial charge < -0.3 is 9.73 Å². The molecule has 0 fully saturated rings. The number of aromatic nitrogens is 3. The molecule has 0 radical (unpaired) electrons. The van der Waals surface area contributed by atoms with E-state index in [1.807, 2.05) is 41.8 Å². The molecule has 1 amide bonds. The third-order valence-corrected chi connectivity index (χ3v) is 6.05. The zero-order valence-electron chi connectivity index (χ0n) is 16.5. The molecule has 4 rings (SSSR count). The lowest BCUT2D eigenvalue weighted by molar-refractivity contribution is -0.113. The zero-order chi connectivity index (χ0) is 21.8. The Kier molecular flexibility index (Phi) is 6.65. The van der Waals surface area contributed by atoms with Crippen LogP contribution in [0.2, 0.25) is 10.0 Å². The molecule has 0 aliphatic carbocycles. The van der Waals surface area contributed by atoms with Gasteiger partial charge in [0, 0.05) is 16.3 Å². The maximum atomic E-state index is 12.5. The van der Waals surface area contributed by atoms with Gasteiger partial charge in [0.25, 0.3) is 0 Å². The van der Waals surface area contributed by atoms with E-state index in [-0.39, 0.29) is 11.7 Å². The minimum Gasteiger partial charge on any atom is -0.467 e. The Hall–Kier alpha value is -2.74. The third kappa shape index (κ3) is 5.12. The monoisotopic (exact) mass is 472 g/mol. The number of thioether (sulfide) groups is 1. The van der Waals surface area contributed by atoms with Crippen LogP contribution in [-0.4, -0.2) is 26.4 Å². The zero-order valence-corrected chi connectivity index (χ0v) is 18.8. The number of carbonyl (C=O) groups excluding carboxylic acids is 1. The number of hydrogen-bond acceptors (Lipinski definition) is 5. The maximum absolute atomic E-state index is 12.5. The molecule has 4 aromatic rings. The summed E-state index contributed by atoms with van der Waals surface area (Å²) in [6.45, 7) is 2.31. The van der Waals surface area contributed by atoms with Crippen LogP contribution in [0.3, 0.4) is 0 Å². The summed E-state index contributed by atoms with van der Waals surface area (Å²) in [5.74, 6) is 1.37. The SMILES string of the molecule is Cc1cc(Cl)ccc1NC(=O)CSc1nnc(-c2ccccc2Cl)n1Cc1ccco1. The Labute approximate surface area is 193 Å². The number of nitrogens with one attached hydrogen (secondary N) is 1. The maximum Gasteiger partial charge on any atom is 0.234 e. The first kappa shape index (κ1) is 21.5. The fourth-order valence-electron chi connectivity index (χ4n) is 3.02. The number of rotatable bonds is 7. The van der Waals surface area contributed by atoms with E-state index in [9.17, 15) is 4.79 Å². The number of carbonyl (C=O) groups is 1. The molecule has 0 aliphatic rings. The van der Waals surface area contributed by atoms with Crippen molar-refractivity contribution in [3.63, 3.8) is 0 Å². The van der Waals surface area contributed by atoms with Crippen LogP contribution in [0.5, 0.6) is 0 Å². The molecule has 0 spiro atoms. The minimum absolute atomic E-state index is 0.151. The second-order valence-corrected chi connectivity index (χ2v) is 8.53. The normalized spacial score (nSPS) is 10.9. The summed E-state index contributed by atoms with van der Waals surface area (Å²) in [6, 6.07) is 16.5. The van der Waals surface area contributed by atoms with Crippen LogP contribution >= 0.6 is 35.0 Å². The Balaban J connectivity index is 1.55. The van der Waals surface area contributed by atoms with Crippen LogP contribution in [-0.2, 0) is 11.3 Å². The lowest BCUT2D eigenvalue weighted by atomic mass is 10.2. The number of furan rings is 1. The van der Waals surface area contributed by atoms with Crippen LogP contribution in [0.4, 0.5) is 5.69 Å². The fourth-order valence-corrected chi connectivity index (χ4v) is 4.21. The Morgan fingerprint density at radius 2 is 1.97 bits per heavy atom. The molecule has 1 N–H and O–H groups in total. The summed E-state index contributed by atoms with van der Waals surface area (Å²) < 4.78 is 7.40. The van der Waals surface area contributed by atoms with Crippen LogP contribution in [0.25, 0.3) is 11.4 Å². The highest BCUT2D eigenvalue weighted by atomic mass is 35.5. The van der Waals surface area contributed by atoms with Gasteiger partial charge in [-0.15, -0.1) is 10.2 Å². The van der Waals surface area contributed by atoms with Crippen molar-refractivity contribution in [1.29, 1.82) is 0 Å². The van der Waals surface area contributed by atoms with Gasteiger partial charge in [-0.1, -0.05) is 47.1 Å². The lowest BCUT2D eigenvalue weighted by Gasteiger charge is -2.11. The molecule has 0 unspecified atom stereocenters. The molecule has 0 saturated carbocycles. The minimum atomic E-state index is -0.151. The van der Waals surface area contributed by atoms with Crippen LogP contribution in [0.15, 0.2) is 70.4 Å². The smallest absolute Gasteiger partial charge is 0.234 e. The van der Waals surface area contributed by atoms with Crippen molar-refractivity contribution in [2.45, 2.75) is 18.6 Å². The Bertz CT molecular complexity index is 1210. The molecule has 2 aromatic carbocycles. The van der Waals surface area contributed by atoms with E-state index in [1.165, 1.54) is 11.8 Å². The average Bonchev–Trinajstić information content (AvgIpc) is 3.40. The van der Waals surface area contributed by atoms with E-state index in [2.05, 4.69) is 15.5 Å². The highest BCUT2D eigenvalue weighted by Crippen LogP contribution is 2.30.